The van der Waals surface area contributed by atoms with Crippen LogP contribution in [0.2, 0.25) is 0 Å². The van der Waals surface area contributed by atoms with E-state index in [2.05, 4.69) is 21.6 Å². The minimum absolute atomic E-state index is 0.670. The van der Waals surface area contributed by atoms with Crippen molar-refractivity contribution in [1.29, 1.82) is 5.26 Å². The topological polar surface area (TPSA) is 61.6 Å². The first-order valence-electron chi connectivity index (χ1n) is 4.89. The molecule has 2 rings (SSSR count). The molecule has 1 aromatic heterocycles. The average Bonchev–Trinajstić information content (AvgIpc) is 2.38. The Hall–Kier alpha value is -2.41. The van der Waals surface area contributed by atoms with Gasteiger partial charge in [-0.2, -0.15) is 10.4 Å². The summed E-state index contributed by atoms with van der Waals surface area (Å²) in [4.78, 5) is 0. The predicted octanol–water partition coefficient (Wildman–Crippen LogP) is 1.96. The molecule has 0 unspecified atom stereocenters. The minimum Gasteiger partial charge on any atom is -0.365 e. The number of anilines is 1. The second kappa shape index (κ2) is 4.89. The molecule has 4 nitrogen and oxygen atoms in total. The molecule has 0 atom stereocenters. The highest BCUT2D eigenvalue weighted by Crippen LogP contribution is 2.06. The van der Waals surface area contributed by atoms with E-state index in [0.717, 1.165) is 11.4 Å². The number of nitrogens with zero attached hydrogens (tertiary/aromatic N) is 3. The lowest BCUT2D eigenvalue weighted by molar-refractivity contribution is 1.000. The Morgan fingerprint density at radius 2 is 2.00 bits per heavy atom. The average molecular weight is 210 g/mol. The Labute approximate surface area is 93.6 Å². The van der Waals surface area contributed by atoms with Gasteiger partial charge in [-0.05, 0) is 29.8 Å². The van der Waals surface area contributed by atoms with Crippen LogP contribution in [0.15, 0.2) is 42.6 Å². The van der Waals surface area contributed by atoms with Crippen LogP contribution in [0, 0.1) is 11.3 Å². The summed E-state index contributed by atoms with van der Waals surface area (Å²) in [5, 5.41) is 19.5. The molecule has 16 heavy (non-hydrogen) atoms. The fraction of sp³-hybridized carbons (Fsp3) is 0.0833. The Balaban J connectivity index is 1.98. The number of hydrogen-bond donors (Lipinski definition) is 1. The molecule has 0 aliphatic heterocycles. The Morgan fingerprint density at radius 1 is 1.19 bits per heavy atom. The highest BCUT2D eigenvalue weighted by Gasteiger charge is 1.95. The molecule has 0 bridgehead atoms. The van der Waals surface area contributed by atoms with E-state index in [4.69, 9.17) is 5.26 Å². The number of aromatic nitrogens is 2. The first-order valence-corrected chi connectivity index (χ1v) is 4.89. The summed E-state index contributed by atoms with van der Waals surface area (Å²) in [6.45, 7) is 0.671. The minimum atomic E-state index is 0.670. The van der Waals surface area contributed by atoms with Crippen molar-refractivity contribution in [2.24, 2.45) is 0 Å². The van der Waals surface area contributed by atoms with Crippen LogP contribution in [0.4, 0.5) is 5.82 Å². The number of hydrogen-bond acceptors (Lipinski definition) is 4. The predicted molar refractivity (Wildman–Crippen MR) is 60.5 cm³/mol. The third-order valence-electron chi connectivity index (χ3n) is 2.13. The maximum atomic E-state index is 8.65. The van der Waals surface area contributed by atoms with Gasteiger partial charge in [0.1, 0.15) is 5.82 Å². The SMILES string of the molecule is N#Cc1ccc(CNc2cccnn2)cc1. The van der Waals surface area contributed by atoms with Gasteiger partial charge in [0.2, 0.25) is 0 Å². The van der Waals surface area contributed by atoms with E-state index in [1.165, 1.54) is 0 Å². The zero-order chi connectivity index (χ0) is 11.2. The largest absolute Gasteiger partial charge is 0.365 e. The van der Waals surface area contributed by atoms with Crippen molar-refractivity contribution in [3.8, 4) is 6.07 Å². The summed E-state index contributed by atoms with van der Waals surface area (Å²) in [5.41, 5.74) is 1.77. The number of rotatable bonds is 3. The number of nitrogens with one attached hydrogen (secondary N) is 1. The van der Waals surface area contributed by atoms with Crippen LogP contribution in [-0.4, -0.2) is 10.2 Å². The maximum Gasteiger partial charge on any atom is 0.148 e. The van der Waals surface area contributed by atoms with Gasteiger partial charge < -0.3 is 5.32 Å². The van der Waals surface area contributed by atoms with Crippen LogP contribution in [0.1, 0.15) is 11.1 Å². The molecule has 1 N–H and O–H groups in total. The maximum absolute atomic E-state index is 8.65. The third-order valence-corrected chi connectivity index (χ3v) is 2.13. The molecule has 4 heteroatoms. The van der Waals surface area contributed by atoms with Crippen molar-refractivity contribution >= 4 is 5.82 Å². The van der Waals surface area contributed by atoms with E-state index >= 15 is 0 Å². The summed E-state index contributed by atoms with van der Waals surface area (Å²) in [6.07, 6.45) is 1.63. The van der Waals surface area contributed by atoms with E-state index in [1.807, 2.05) is 24.3 Å². The molecule has 0 aliphatic rings. The lowest BCUT2D eigenvalue weighted by Crippen LogP contribution is -2.01. The summed E-state index contributed by atoms with van der Waals surface area (Å²) in [5.74, 6) is 0.742. The molecule has 0 saturated heterocycles. The molecule has 2 aromatic rings. The fourth-order valence-corrected chi connectivity index (χ4v) is 1.29. The van der Waals surface area contributed by atoms with Crippen LogP contribution in [-0.2, 0) is 6.54 Å². The van der Waals surface area contributed by atoms with E-state index in [-0.39, 0.29) is 0 Å². The van der Waals surface area contributed by atoms with Crippen molar-refractivity contribution in [1.82, 2.24) is 10.2 Å². The van der Waals surface area contributed by atoms with Gasteiger partial charge in [-0.3, -0.25) is 0 Å². The standard InChI is InChI=1S/C12H10N4/c13-8-10-3-5-11(6-4-10)9-14-12-2-1-7-15-16-12/h1-7H,9H2,(H,14,16). The Kier molecular flexibility index (Phi) is 3.10. The highest BCUT2D eigenvalue weighted by molar-refractivity contribution is 5.36. The van der Waals surface area contributed by atoms with Crippen LogP contribution in [0.5, 0.6) is 0 Å². The normalized spacial score (nSPS) is 9.44. The molecular weight excluding hydrogens is 200 g/mol. The lowest BCUT2D eigenvalue weighted by Gasteiger charge is -2.04. The van der Waals surface area contributed by atoms with Gasteiger partial charge >= 0.3 is 0 Å². The van der Waals surface area contributed by atoms with Crippen LogP contribution < -0.4 is 5.32 Å². The van der Waals surface area contributed by atoms with Crippen LogP contribution in [0.25, 0.3) is 0 Å². The van der Waals surface area contributed by atoms with Crippen molar-refractivity contribution in [3.05, 3.63) is 53.7 Å². The molecule has 1 aromatic carbocycles. The van der Waals surface area contributed by atoms with Gasteiger partial charge in [0.25, 0.3) is 0 Å². The molecule has 0 fully saturated rings. The smallest absolute Gasteiger partial charge is 0.148 e. The zero-order valence-corrected chi connectivity index (χ0v) is 8.59. The molecule has 0 aliphatic carbocycles. The number of benzene rings is 1. The Bertz CT molecular complexity index is 485. The molecule has 78 valence electrons. The Morgan fingerprint density at radius 3 is 2.62 bits per heavy atom. The second-order valence-corrected chi connectivity index (χ2v) is 3.27. The summed E-state index contributed by atoms with van der Waals surface area (Å²) in [6, 6.07) is 13.2. The first kappa shape index (κ1) is 10.1. The van der Waals surface area contributed by atoms with Crippen LogP contribution in [0.3, 0.4) is 0 Å². The van der Waals surface area contributed by atoms with Gasteiger partial charge in [-0.25, -0.2) is 0 Å². The molecule has 0 amide bonds. The van der Waals surface area contributed by atoms with Crippen molar-refractivity contribution < 1.29 is 0 Å². The van der Waals surface area contributed by atoms with Gasteiger partial charge in [0.05, 0.1) is 11.6 Å². The second-order valence-electron chi connectivity index (χ2n) is 3.27. The summed E-state index contributed by atoms with van der Waals surface area (Å²) in [7, 11) is 0. The zero-order valence-electron chi connectivity index (χ0n) is 8.59. The third kappa shape index (κ3) is 2.55. The number of nitriles is 1. The van der Waals surface area contributed by atoms with Crippen molar-refractivity contribution in [2.45, 2.75) is 6.54 Å². The molecule has 1 heterocycles. The van der Waals surface area contributed by atoms with E-state index < -0.39 is 0 Å². The summed E-state index contributed by atoms with van der Waals surface area (Å²) < 4.78 is 0. The van der Waals surface area contributed by atoms with Gasteiger partial charge in [0, 0.05) is 12.7 Å². The fourth-order valence-electron chi connectivity index (χ4n) is 1.29. The molecular formula is C12H10N4. The van der Waals surface area contributed by atoms with Gasteiger partial charge in [-0.15, -0.1) is 5.10 Å². The van der Waals surface area contributed by atoms with Gasteiger partial charge in [-0.1, -0.05) is 12.1 Å². The molecule has 0 radical (unpaired) electrons. The molecule has 0 spiro atoms. The van der Waals surface area contributed by atoms with E-state index in [1.54, 1.807) is 18.3 Å². The van der Waals surface area contributed by atoms with E-state index in [9.17, 15) is 0 Å². The summed E-state index contributed by atoms with van der Waals surface area (Å²) >= 11 is 0. The van der Waals surface area contributed by atoms with Crippen molar-refractivity contribution in [2.75, 3.05) is 5.32 Å². The van der Waals surface area contributed by atoms with Gasteiger partial charge in [0.15, 0.2) is 0 Å². The van der Waals surface area contributed by atoms with Crippen molar-refractivity contribution in [3.63, 3.8) is 0 Å². The lowest BCUT2D eigenvalue weighted by atomic mass is 10.1. The van der Waals surface area contributed by atoms with E-state index in [0.29, 0.717) is 12.1 Å². The monoisotopic (exact) mass is 210 g/mol. The highest BCUT2D eigenvalue weighted by atomic mass is 15.2. The first-order chi connectivity index (χ1) is 7.88. The van der Waals surface area contributed by atoms with Crippen LogP contribution >= 0.6 is 0 Å². The quantitative estimate of drug-likeness (QED) is 0.841. The molecule has 0 saturated carbocycles.